The third kappa shape index (κ3) is 4.04. The number of hydrogen-bond acceptors (Lipinski definition) is 1. The molecule has 0 radical (unpaired) electrons. The Morgan fingerprint density at radius 1 is 1.00 bits per heavy atom. The zero-order chi connectivity index (χ0) is 12.8. The monoisotopic (exact) mass is 245 g/mol. The molecule has 0 atom stereocenters. The summed E-state index contributed by atoms with van der Waals surface area (Å²) in [7, 11) is 0. The lowest BCUT2D eigenvalue weighted by Crippen LogP contribution is -2.19. The smallest absolute Gasteiger partial charge is 0.0316 e. The molecule has 0 unspecified atom stereocenters. The van der Waals surface area contributed by atoms with Gasteiger partial charge in [0.2, 0.25) is 0 Å². The quantitative estimate of drug-likeness (QED) is 0.733. The first kappa shape index (κ1) is 13.5. The Hall–Kier alpha value is -0.980. The molecule has 0 aromatic heterocycles. The first-order valence-electron chi connectivity index (χ1n) is 7.52. The number of benzene rings is 1. The standard InChI is InChI=1S/C17H27N/c1-17(11-6-4-2-3-5-7-12-17)14-15-9-8-10-16(18)13-15/h8-10,13H,2-7,11-12,14,18H2,1H3. The Balaban J connectivity index is 2.03. The van der Waals surface area contributed by atoms with E-state index < -0.39 is 0 Å². The molecule has 1 fully saturated rings. The Morgan fingerprint density at radius 3 is 2.22 bits per heavy atom. The van der Waals surface area contributed by atoms with Gasteiger partial charge in [-0.25, -0.2) is 0 Å². The molecule has 0 aliphatic heterocycles. The minimum absolute atomic E-state index is 0.484. The van der Waals surface area contributed by atoms with Crippen LogP contribution < -0.4 is 5.73 Å². The van der Waals surface area contributed by atoms with Gasteiger partial charge in [0.05, 0.1) is 0 Å². The Labute approximate surface area is 112 Å². The van der Waals surface area contributed by atoms with Gasteiger partial charge in [-0.05, 0) is 42.4 Å². The van der Waals surface area contributed by atoms with Crippen molar-refractivity contribution in [1.29, 1.82) is 0 Å². The van der Waals surface area contributed by atoms with Crippen molar-refractivity contribution in [1.82, 2.24) is 0 Å². The van der Waals surface area contributed by atoms with E-state index in [2.05, 4.69) is 25.1 Å². The molecule has 1 aromatic carbocycles. The average molecular weight is 245 g/mol. The van der Waals surface area contributed by atoms with Crippen molar-refractivity contribution in [2.45, 2.75) is 64.7 Å². The Morgan fingerprint density at radius 2 is 1.61 bits per heavy atom. The number of nitrogens with two attached hydrogens (primary N) is 1. The average Bonchev–Trinajstić information content (AvgIpc) is 2.41. The number of hydrogen-bond donors (Lipinski definition) is 1. The molecule has 0 bridgehead atoms. The van der Waals surface area contributed by atoms with E-state index in [1.54, 1.807) is 0 Å². The van der Waals surface area contributed by atoms with Gasteiger partial charge in [-0.1, -0.05) is 57.6 Å². The maximum absolute atomic E-state index is 5.89. The summed E-state index contributed by atoms with van der Waals surface area (Å²) in [5.74, 6) is 0. The van der Waals surface area contributed by atoms with Crippen molar-refractivity contribution in [3.05, 3.63) is 29.8 Å². The van der Waals surface area contributed by atoms with Gasteiger partial charge in [0.15, 0.2) is 0 Å². The van der Waals surface area contributed by atoms with Crippen LogP contribution in [0.1, 0.15) is 63.9 Å². The van der Waals surface area contributed by atoms with E-state index in [1.165, 1.54) is 63.4 Å². The van der Waals surface area contributed by atoms with Crippen molar-refractivity contribution in [2.24, 2.45) is 5.41 Å². The lowest BCUT2D eigenvalue weighted by atomic mass is 9.76. The van der Waals surface area contributed by atoms with Gasteiger partial charge in [0, 0.05) is 5.69 Å². The minimum Gasteiger partial charge on any atom is -0.399 e. The van der Waals surface area contributed by atoms with E-state index in [0.29, 0.717) is 5.41 Å². The van der Waals surface area contributed by atoms with E-state index in [0.717, 1.165) is 5.69 Å². The van der Waals surface area contributed by atoms with Crippen molar-refractivity contribution < 1.29 is 0 Å². The summed E-state index contributed by atoms with van der Waals surface area (Å²) in [5.41, 5.74) is 8.69. The molecule has 1 aliphatic rings. The summed E-state index contributed by atoms with van der Waals surface area (Å²) in [5, 5.41) is 0. The highest BCUT2D eigenvalue weighted by atomic mass is 14.5. The number of rotatable bonds is 2. The molecule has 0 heterocycles. The summed E-state index contributed by atoms with van der Waals surface area (Å²) in [6, 6.07) is 8.45. The third-order valence-corrected chi connectivity index (χ3v) is 4.39. The number of anilines is 1. The fourth-order valence-electron chi connectivity index (χ4n) is 3.31. The zero-order valence-electron chi connectivity index (χ0n) is 11.8. The second-order valence-electron chi connectivity index (χ2n) is 6.35. The van der Waals surface area contributed by atoms with Gasteiger partial charge in [-0.15, -0.1) is 0 Å². The van der Waals surface area contributed by atoms with Gasteiger partial charge >= 0.3 is 0 Å². The van der Waals surface area contributed by atoms with Crippen LogP contribution in [-0.2, 0) is 6.42 Å². The van der Waals surface area contributed by atoms with Gasteiger partial charge < -0.3 is 5.73 Å². The van der Waals surface area contributed by atoms with Crippen LogP contribution in [0.2, 0.25) is 0 Å². The van der Waals surface area contributed by atoms with Crippen LogP contribution in [0, 0.1) is 5.41 Å². The molecule has 1 aromatic rings. The largest absolute Gasteiger partial charge is 0.399 e. The Kier molecular flexibility index (Phi) is 4.68. The summed E-state index contributed by atoms with van der Waals surface area (Å²) in [6.45, 7) is 2.47. The van der Waals surface area contributed by atoms with Gasteiger partial charge in [0.25, 0.3) is 0 Å². The summed E-state index contributed by atoms with van der Waals surface area (Å²) < 4.78 is 0. The SMILES string of the molecule is CC1(Cc2cccc(N)c2)CCCCCCCC1. The van der Waals surface area contributed by atoms with Crippen molar-refractivity contribution in [2.75, 3.05) is 5.73 Å². The first-order chi connectivity index (χ1) is 8.68. The maximum atomic E-state index is 5.89. The van der Waals surface area contributed by atoms with Crippen LogP contribution >= 0.6 is 0 Å². The zero-order valence-corrected chi connectivity index (χ0v) is 11.8. The van der Waals surface area contributed by atoms with Crippen LogP contribution in [0.5, 0.6) is 0 Å². The topological polar surface area (TPSA) is 26.0 Å². The van der Waals surface area contributed by atoms with E-state index in [9.17, 15) is 0 Å². The van der Waals surface area contributed by atoms with Crippen LogP contribution in [0.3, 0.4) is 0 Å². The molecule has 1 aliphatic carbocycles. The normalized spacial score (nSPS) is 20.7. The fourth-order valence-corrected chi connectivity index (χ4v) is 3.31. The van der Waals surface area contributed by atoms with Crippen molar-refractivity contribution in [3.63, 3.8) is 0 Å². The lowest BCUT2D eigenvalue weighted by molar-refractivity contribution is 0.257. The summed E-state index contributed by atoms with van der Waals surface area (Å²) in [6.07, 6.45) is 12.5. The molecule has 1 nitrogen and oxygen atoms in total. The predicted molar refractivity (Wildman–Crippen MR) is 79.6 cm³/mol. The van der Waals surface area contributed by atoms with Crippen LogP contribution in [0.25, 0.3) is 0 Å². The molecular weight excluding hydrogens is 218 g/mol. The number of nitrogen functional groups attached to an aromatic ring is 1. The molecule has 0 amide bonds. The van der Waals surface area contributed by atoms with E-state index in [1.807, 2.05) is 6.07 Å². The summed E-state index contributed by atoms with van der Waals surface area (Å²) in [4.78, 5) is 0. The summed E-state index contributed by atoms with van der Waals surface area (Å²) >= 11 is 0. The molecular formula is C17H27N. The van der Waals surface area contributed by atoms with Gasteiger partial charge in [-0.3, -0.25) is 0 Å². The molecule has 1 heteroatoms. The molecule has 2 rings (SSSR count). The third-order valence-electron chi connectivity index (χ3n) is 4.39. The van der Waals surface area contributed by atoms with Gasteiger partial charge in [0.1, 0.15) is 0 Å². The van der Waals surface area contributed by atoms with E-state index in [4.69, 9.17) is 5.73 Å². The van der Waals surface area contributed by atoms with Crippen LogP contribution in [-0.4, -0.2) is 0 Å². The maximum Gasteiger partial charge on any atom is 0.0316 e. The molecule has 18 heavy (non-hydrogen) atoms. The minimum atomic E-state index is 0.484. The van der Waals surface area contributed by atoms with E-state index in [-0.39, 0.29) is 0 Å². The van der Waals surface area contributed by atoms with Crippen molar-refractivity contribution >= 4 is 5.69 Å². The highest BCUT2D eigenvalue weighted by Gasteiger charge is 2.24. The highest BCUT2D eigenvalue weighted by Crippen LogP contribution is 2.36. The molecule has 100 valence electrons. The van der Waals surface area contributed by atoms with Gasteiger partial charge in [-0.2, -0.15) is 0 Å². The fraction of sp³-hybridized carbons (Fsp3) is 0.647. The predicted octanol–water partition coefficient (Wildman–Crippen LogP) is 4.95. The van der Waals surface area contributed by atoms with E-state index >= 15 is 0 Å². The molecule has 0 spiro atoms. The Bertz CT molecular complexity index is 360. The van der Waals surface area contributed by atoms with Crippen LogP contribution in [0.4, 0.5) is 5.69 Å². The van der Waals surface area contributed by atoms with Crippen molar-refractivity contribution in [3.8, 4) is 0 Å². The van der Waals surface area contributed by atoms with Crippen LogP contribution in [0.15, 0.2) is 24.3 Å². The molecule has 0 saturated heterocycles. The second kappa shape index (κ2) is 6.26. The molecule has 2 N–H and O–H groups in total. The first-order valence-corrected chi connectivity index (χ1v) is 7.52. The lowest BCUT2D eigenvalue weighted by Gasteiger charge is -2.29. The highest BCUT2D eigenvalue weighted by molar-refractivity contribution is 5.40. The molecule has 1 saturated carbocycles. The second-order valence-corrected chi connectivity index (χ2v) is 6.35.